The summed E-state index contributed by atoms with van der Waals surface area (Å²) in [5.41, 5.74) is 4.05. The van der Waals surface area contributed by atoms with Gasteiger partial charge in [0, 0.05) is 52.0 Å². The molecule has 1 heterocycles. The van der Waals surface area contributed by atoms with E-state index in [1.165, 1.54) is 19.6 Å². The second-order valence-electron chi connectivity index (χ2n) is 4.57. The maximum atomic E-state index is 10.4. The van der Waals surface area contributed by atoms with E-state index in [1.54, 1.807) is 12.4 Å². The molecule has 0 aliphatic heterocycles. The minimum atomic E-state index is -0.245. The van der Waals surface area contributed by atoms with Crippen LogP contribution in [0.25, 0.3) is 0 Å². The standard InChI is InChI=1S/C10H11O.C5H5N.C3H6O2.CH3.Y/c1-7-4-9(3)10(6-11)5-8(7)2;1-2-4-6-5-3-1;1-3(4)5-2;;/h4-5H,1-3H3;1-5H;1-2H3;1H3;/q-1;;;-1;. The number of nitrogens with zero attached hydrogens (tertiary/aromatic N) is 1. The summed E-state index contributed by atoms with van der Waals surface area (Å²) in [4.78, 5) is 23.7. The van der Waals surface area contributed by atoms with E-state index >= 15 is 0 Å². The molecular formula is C19H25NO3Y-2. The smallest absolute Gasteiger partial charge is 0.302 e. The second-order valence-corrected chi connectivity index (χ2v) is 4.57. The van der Waals surface area contributed by atoms with Crippen LogP contribution in [0, 0.1) is 28.2 Å². The molecule has 0 atom stereocenters. The van der Waals surface area contributed by atoms with Crippen molar-refractivity contribution in [1.29, 1.82) is 0 Å². The Morgan fingerprint density at radius 3 is 1.75 bits per heavy atom. The van der Waals surface area contributed by atoms with Crippen molar-refractivity contribution in [3.8, 4) is 0 Å². The molecule has 1 aromatic carbocycles. The fourth-order valence-corrected chi connectivity index (χ4v) is 1.38. The molecule has 1 aromatic heterocycles. The molecule has 129 valence electrons. The average molecular weight is 404 g/mol. The number of carbonyl (C=O) groups excluding carboxylic acids is 2. The van der Waals surface area contributed by atoms with E-state index < -0.39 is 0 Å². The van der Waals surface area contributed by atoms with Gasteiger partial charge in [-0.2, -0.15) is 6.07 Å². The number of rotatable bonds is 1. The van der Waals surface area contributed by atoms with Gasteiger partial charge in [-0.05, 0) is 19.1 Å². The quantitative estimate of drug-likeness (QED) is 0.536. The van der Waals surface area contributed by atoms with Crippen molar-refractivity contribution in [1.82, 2.24) is 4.98 Å². The first kappa shape index (κ1) is 27.5. The molecular weight excluding hydrogens is 379 g/mol. The topological polar surface area (TPSA) is 56.3 Å². The van der Waals surface area contributed by atoms with E-state index in [-0.39, 0.29) is 46.1 Å². The summed E-state index contributed by atoms with van der Waals surface area (Å²) >= 11 is 0. The van der Waals surface area contributed by atoms with Crippen LogP contribution in [0.2, 0.25) is 0 Å². The SMILES string of the molecule is COC(C)=O.Cc1cc(C)c([C-]=O)cc1C.[CH3-].[Y].c1ccncc1. The number of ether oxygens (including phenoxy) is 1. The minimum absolute atomic E-state index is 0. The molecule has 0 saturated heterocycles. The van der Waals surface area contributed by atoms with E-state index in [0.717, 1.165) is 11.1 Å². The number of hydrogen-bond acceptors (Lipinski definition) is 4. The van der Waals surface area contributed by atoms with Gasteiger partial charge >= 0.3 is 5.97 Å². The van der Waals surface area contributed by atoms with Crippen molar-refractivity contribution in [3.05, 3.63) is 72.4 Å². The van der Waals surface area contributed by atoms with E-state index in [4.69, 9.17) is 0 Å². The summed E-state index contributed by atoms with van der Waals surface area (Å²) < 4.78 is 4.11. The molecule has 0 bridgehead atoms. The molecule has 24 heavy (non-hydrogen) atoms. The summed E-state index contributed by atoms with van der Waals surface area (Å²) in [6.45, 7) is 7.32. The zero-order valence-corrected chi connectivity index (χ0v) is 18.1. The van der Waals surface area contributed by atoms with Gasteiger partial charge in [-0.25, -0.2) is 0 Å². The molecule has 2 rings (SSSR count). The normalized spacial score (nSPS) is 7.88. The van der Waals surface area contributed by atoms with Gasteiger partial charge in [-0.15, -0.1) is 22.8 Å². The van der Waals surface area contributed by atoms with Gasteiger partial charge in [-0.1, -0.05) is 25.5 Å². The van der Waals surface area contributed by atoms with Crippen molar-refractivity contribution < 1.29 is 47.0 Å². The van der Waals surface area contributed by atoms with Crippen molar-refractivity contribution in [3.63, 3.8) is 0 Å². The molecule has 2 aromatic rings. The van der Waals surface area contributed by atoms with E-state index in [1.807, 2.05) is 57.4 Å². The summed E-state index contributed by atoms with van der Waals surface area (Å²) in [5, 5.41) is 0. The summed E-state index contributed by atoms with van der Waals surface area (Å²) in [7, 11) is 1.35. The van der Waals surface area contributed by atoms with E-state index in [9.17, 15) is 9.59 Å². The summed E-state index contributed by atoms with van der Waals surface area (Å²) in [6, 6.07) is 9.60. The number of carbonyl (C=O) groups is 1. The number of hydrogen-bond donors (Lipinski definition) is 0. The molecule has 0 fully saturated rings. The van der Waals surface area contributed by atoms with Crippen LogP contribution in [0.3, 0.4) is 0 Å². The molecule has 0 aliphatic carbocycles. The first-order valence-electron chi connectivity index (χ1n) is 6.78. The third-order valence-electron chi connectivity index (χ3n) is 2.80. The molecule has 0 amide bonds. The van der Waals surface area contributed by atoms with Crippen LogP contribution >= 0.6 is 0 Å². The number of methoxy groups -OCH3 is 1. The number of aryl methyl sites for hydroxylation is 3. The van der Waals surface area contributed by atoms with Gasteiger partial charge in [0.2, 0.25) is 0 Å². The van der Waals surface area contributed by atoms with Crippen LogP contribution in [-0.2, 0) is 47.0 Å². The van der Waals surface area contributed by atoms with Crippen molar-refractivity contribution in [2.24, 2.45) is 0 Å². The zero-order valence-electron chi connectivity index (χ0n) is 15.3. The molecule has 5 heteroatoms. The van der Waals surface area contributed by atoms with Crippen molar-refractivity contribution in [2.45, 2.75) is 27.7 Å². The van der Waals surface area contributed by atoms with Gasteiger partial charge in [0.1, 0.15) is 0 Å². The molecule has 4 nitrogen and oxygen atoms in total. The van der Waals surface area contributed by atoms with Gasteiger partial charge in [0.15, 0.2) is 0 Å². The Morgan fingerprint density at radius 2 is 1.46 bits per heavy atom. The van der Waals surface area contributed by atoms with Gasteiger partial charge in [0.05, 0.1) is 13.4 Å². The molecule has 0 spiro atoms. The second kappa shape index (κ2) is 16.5. The third-order valence-corrected chi connectivity index (χ3v) is 2.80. The Hall–Kier alpha value is -1.39. The van der Waals surface area contributed by atoms with Crippen LogP contribution in [-0.4, -0.2) is 24.3 Å². The zero-order chi connectivity index (χ0) is 17.0. The monoisotopic (exact) mass is 404 g/mol. The van der Waals surface area contributed by atoms with Gasteiger partial charge in [-0.3, -0.25) is 9.78 Å². The van der Waals surface area contributed by atoms with Crippen LogP contribution < -0.4 is 0 Å². The number of benzene rings is 1. The Morgan fingerprint density at radius 1 is 1.00 bits per heavy atom. The molecule has 0 saturated carbocycles. The van der Waals surface area contributed by atoms with Crippen LogP contribution in [0.5, 0.6) is 0 Å². The molecule has 0 N–H and O–H groups in total. The first-order chi connectivity index (χ1) is 10.4. The number of esters is 1. The largest absolute Gasteiger partial charge is 0.469 e. The van der Waals surface area contributed by atoms with Crippen molar-refractivity contribution >= 4 is 12.3 Å². The van der Waals surface area contributed by atoms with Gasteiger partial charge in [0.25, 0.3) is 0 Å². The maximum Gasteiger partial charge on any atom is 0.302 e. The summed E-state index contributed by atoms with van der Waals surface area (Å²) in [5.74, 6) is -0.245. The Kier molecular flexibility index (Phi) is 18.8. The van der Waals surface area contributed by atoms with Crippen LogP contribution in [0.1, 0.15) is 29.2 Å². The Bertz CT molecular complexity index is 560. The molecule has 0 unspecified atom stereocenters. The van der Waals surface area contributed by atoms with Crippen LogP contribution in [0.15, 0.2) is 42.7 Å². The Labute approximate surface area is 170 Å². The first-order valence-corrected chi connectivity index (χ1v) is 6.78. The van der Waals surface area contributed by atoms with Crippen molar-refractivity contribution in [2.75, 3.05) is 7.11 Å². The Balaban J connectivity index is -0.000000292. The fraction of sp³-hybridized carbons (Fsp3) is 0.263. The average Bonchev–Trinajstić information content (AvgIpc) is 2.53. The van der Waals surface area contributed by atoms with Crippen LogP contribution in [0.4, 0.5) is 0 Å². The predicted molar refractivity (Wildman–Crippen MR) is 93.8 cm³/mol. The van der Waals surface area contributed by atoms with E-state index in [2.05, 4.69) is 9.72 Å². The summed E-state index contributed by atoms with van der Waals surface area (Å²) in [6.07, 6.45) is 5.41. The minimum Gasteiger partial charge on any atom is -0.469 e. The third kappa shape index (κ3) is 13.1. The maximum absolute atomic E-state index is 10.4. The molecule has 1 radical (unpaired) electrons. The van der Waals surface area contributed by atoms with Gasteiger partial charge < -0.3 is 17.0 Å². The molecule has 0 aliphatic rings. The predicted octanol–water partition coefficient (Wildman–Crippen LogP) is 3.78. The fourth-order valence-electron chi connectivity index (χ4n) is 1.38. The van der Waals surface area contributed by atoms with E-state index in [0.29, 0.717) is 5.56 Å². The number of pyridine rings is 1. The number of aromatic nitrogens is 1.